The Hall–Kier alpha value is -2.35. The van der Waals surface area contributed by atoms with Crippen molar-refractivity contribution < 1.29 is 18.3 Å². The molecule has 3 aliphatic rings. The van der Waals surface area contributed by atoms with Crippen LogP contribution in [0.2, 0.25) is 0 Å². The van der Waals surface area contributed by atoms with Crippen molar-refractivity contribution in [2.75, 3.05) is 12.4 Å². The number of hydrogen-bond donors (Lipinski definition) is 2. The van der Waals surface area contributed by atoms with Crippen LogP contribution in [0, 0.1) is 11.8 Å². The molecule has 1 fully saturated rings. The smallest absolute Gasteiger partial charge is 0.178 e. The largest absolute Gasteiger partial charge is 0.491 e. The molecule has 2 atom stereocenters. The minimum Gasteiger partial charge on any atom is -0.491 e. The zero-order valence-corrected chi connectivity index (χ0v) is 22.3. The molecule has 1 heterocycles. The van der Waals surface area contributed by atoms with E-state index in [1.54, 1.807) is 24.3 Å². The molecule has 0 amide bonds. The van der Waals surface area contributed by atoms with E-state index in [0.29, 0.717) is 23.1 Å². The molecule has 1 saturated carbocycles. The lowest BCUT2D eigenvalue weighted by molar-refractivity contribution is 0.149. The van der Waals surface area contributed by atoms with Gasteiger partial charge in [0.05, 0.1) is 35.0 Å². The average molecular weight is 529 g/mol. The van der Waals surface area contributed by atoms with E-state index in [4.69, 9.17) is 21.3 Å². The number of allylic oxidation sites excluding steroid dienone is 4. The Morgan fingerprint density at radius 1 is 1.17 bits per heavy atom. The molecule has 5 rings (SSSR count). The zero-order valence-electron chi connectivity index (χ0n) is 20.7. The monoisotopic (exact) mass is 528 g/mol. The molecule has 0 aliphatic heterocycles. The number of nitrogens with one attached hydrogen (secondary N) is 1. The first kappa shape index (κ1) is 25.3. The lowest BCUT2D eigenvalue weighted by Gasteiger charge is -2.27. The first-order valence-corrected chi connectivity index (χ1v) is 14.7. The normalized spacial score (nSPS) is 20.9. The average Bonchev–Trinajstić information content (AvgIpc) is 3.55. The Balaban J connectivity index is 1.37. The van der Waals surface area contributed by atoms with Crippen LogP contribution >= 0.6 is 11.6 Å². The third-order valence-corrected chi connectivity index (χ3v) is 9.31. The van der Waals surface area contributed by atoms with Crippen molar-refractivity contribution in [1.82, 2.24) is 9.97 Å². The summed E-state index contributed by atoms with van der Waals surface area (Å²) in [4.78, 5) is 8.51. The van der Waals surface area contributed by atoms with Crippen LogP contribution in [0.25, 0.3) is 6.08 Å². The maximum absolute atomic E-state index is 12.6. The van der Waals surface area contributed by atoms with Gasteiger partial charge in [-0.3, -0.25) is 0 Å². The summed E-state index contributed by atoms with van der Waals surface area (Å²) in [6.07, 6.45) is 10.9. The van der Waals surface area contributed by atoms with E-state index in [-0.39, 0.29) is 24.4 Å². The summed E-state index contributed by atoms with van der Waals surface area (Å²) in [5.74, 6) is 1.65. The SMILES string of the molecule is CC(C)OC1=CCCC=C1C1Cc2[nH]c(C(CO)c3ccc(S(=O)(=O)CC4CC4)cc3)nc2C=C1Cl. The van der Waals surface area contributed by atoms with Gasteiger partial charge >= 0.3 is 0 Å². The molecule has 0 bridgehead atoms. The molecule has 0 radical (unpaired) electrons. The van der Waals surface area contributed by atoms with Gasteiger partial charge in [-0.15, -0.1) is 0 Å². The Bertz CT molecular complexity index is 1320. The summed E-state index contributed by atoms with van der Waals surface area (Å²) in [6, 6.07) is 6.84. The quantitative estimate of drug-likeness (QED) is 0.448. The number of fused-ring (bicyclic) bond motifs is 1. The number of sulfone groups is 1. The maximum Gasteiger partial charge on any atom is 0.178 e. The number of rotatable bonds is 9. The lowest BCUT2D eigenvalue weighted by Crippen LogP contribution is -2.18. The van der Waals surface area contributed by atoms with Crippen molar-refractivity contribution in [1.29, 1.82) is 0 Å². The third-order valence-electron chi connectivity index (χ3n) is 7.03. The standard InChI is InChI=1S/C28H33ClN2O4S/c1-17(2)35-27-6-4-3-5-21(27)22-13-25-26(14-24(22)29)31-28(30-25)23(15-32)19-9-11-20(12-10-19)36(33,34)16-18-7-8-18/h5-6,9-12,14,17-18,22-23,32H,3-4,7-8,13,15-16H2,1-2H3,(H,30,31). The highest BCUT2D eigenvalue weighted by Gasteiger charge is 2.32. The van der Waals surface area contributed by atoms with Gasteiger partial charge in [0, 0.05) is 23.1 Å². The van der Waals surface area contributed by atoms with Gasteiger partial charge in [0.25, 0.3) is 0 Å². The molecule has 192 valence electrons. The van der Waals surface area contributed by atoms with Crippen LogP contribution < -0.4 is 0 Å². The predicted molar refractivity (Wildman–Crippen MR) is 141 cm³/mol. The van der Waals surface area contributed by atoms with Crippen LogP contribution in [0.3, 0.4) is 0 Å². The van der Waals surface area contributed by atoms with E-state index < -0.39 is 15.8 Å². The number of H-pyrrole nitrogens is 1. The summed E-state index contributed by atoms with van der Waals surface area (Å²) in [7, 11) is -3.28. The van der Waals surface area contributed by atoms with Gasteiger partial charge in [0.2, 0.25) is 0 Å². The first-order valence-electron chi connectivity index (χ1n) is 12.7. The van der Waals surface area contributed by atoms with E-state index in [9.17, 15) is 13.5 Å². The minimum absolute atomic E-state index is 0.0127. The number of hydrogen-bond acceptors (Lipinski definition) is 5. The fraction of sp³-hybridized carbons (Fsp3) is 0.464. The van der Waals surface area contributed by atoms with E-state index in [1.165, 1.54) is 0 Å². The van der Waals surface area contributed by atoms with Crippen LogP contribution in [0.1, 0.15) is 68.2 Å². The molecule has 3 aliphatic carbocycles. The molecule has 2 aromatic rings. The summed E-state index contributed by atoms with van der Waals surface area (Å²) in [5.41, 5.74) is 3.67. The van der Waals surface area contributed by atoms with E-state index in [2.05, 4.69) is 17.1 Å². The Morgan fingerprint density at radius 2 is 1.89 bits per heavy atom. The highest BCUT2D eigenvalue weighted by Crippen LogP contribution is 2.40. The molecule has 2 unspecified atom stereocenters. The molecule has 6 nitrogen and oxygen atoms in total. The number of aliphatic hydroxyl groups excluding tert-OH is 1. The molecule has 36 heavy (non-hydrogen) atoms. The predicted octanol–water partition coefficient (Wildman–Crippen LogP) is 5.50. The summed E-state index contributed by atoms with van der Waals surface area (Å²) >= 11 is 6.76. The van der Waals surface area contributed by atoms with Crippen LogP contribution in [0.5, 0.6) is 0 Å². The number of aliphatic hydroxyl groups is 1. The molecule has 1 aromatic carbocycles. The van der Waals surface area contributed by atoms with Crippen LogP contribution in [0.15, 0.2) is 57.7 Å². The lowest BCUT2D eigenvalue weighted by atomic mass is 9.85. The van der Waals surface area contributed by atoms with Gasteiger partial charge in [-0.05, 0) is 80.9 Å². The number of ether oxygens (including phenoxy) is 1. The molecular formula is C28H33ClN2O4S. The minimum atomic E-state index is -3.28. The number of benzene rings is 1. The van der Waals surface area contributed by atoms with Crippen LogP contribution in [-0.2, 0) is 21.0 Å². The Kier molecular flexibility index (Phi) is 7.16. The fourth-order valence-corrected chi connectivity index (χ4v) is 6.97. The van der Waals surface area contributed by atoms with Crippen molar-refractivity contribution >= 4 is 27.5 Å². The second-order valence-corrected chi connectivity index (χ2v) is 12.7. The Morgan fingerprint density at radius 3 is 2.56 bits per heavy atom. The van der Waals surface area contributed by atoms with Crippen LogP contribution in [-0.4, -0.2) is 42.0 Å². The topological polar surface area (TPSA) is 92.3 Å². The molecule has 0 spiro atoms. The molecule has 1 aromatic heterocycles. The van der Waals surface area contributed by atoms with E-state index >= 15 is 0 Å². The summed E-state index contributed by atoms with van der Waals surface area (Å²) in [5, 5.41) is 10.9. The molecule has 8 heteroatoms. The van der Waals surface area contributed by atoms with Gasteiger partial charge in [-0.2, -0.15) is 0 Å². The van der Waals surface area contributed by atoms with Gasteiger partial charge < -0.3 is 14.8 Å². The molecule has 0 saturated heterocycles. The highest BCUT2D eigenvalue weighted by atomic mass is 35.5. The molecular weight excluding hydrogens is 496 g/mol. The molecule has 2 N–H and O–H groups in total. The second kappa shape index (κ2) is 10.2. The number of aromatic nitrogens is 2. The number of nitrogens with zero attached hydrogens (tertiary/aromatic N) is 1. The third kappa shape index (κ3) is 5.34. The first-order chi connectivity index (χ1) is 17.2. The van der Waals surface area contributed by atoms with Gasteiger partial charge in [0.1, 0.15) is 11.6 Å². The van der Waals surface area contributed by atoms with Gasteiger partial charge in [0.15, 0.2) is 9.84 Å². The van der Waals surface area contributed by atoms with E-state index in [1.807, 2.05) is 19.9 Å². The van der Waals surface area contributed by atoms with Crippen molar-refractivity contribution in [2.45, 2.75) is 62.9 Å². The van der Waals surface area contributed by atoms with Crippen LogP contribution in [0.4, 0.5) is 0 Å². The summed E-state index contributed by atoms with van der Waals surface area (Å²) in [6.45, 7) is 3.89. The van der Waals surface area contributed by atoms with Crippen molar-refractivity contribution in [3.63, 3.8) is 0 Å². The van der Waals surface area contributed by atoms with Crippen molar-refractivity contribution in [3.05, 3.63) is 75.6 Å². The number of aromatic amines is 1. The highest BCUT2D eigenvalue weighted by molar-refractivity contribution is 7.91. The number of halogens is 1. The van der Waals surface area contributed by atoms with Crippen molar-refractivity contribution in [2.24, 2.45) is 11.8 Å². The summed E-state index contributed by atoms with van der Waals surface area (Å²) < 4.78 is 31.3. The zero-order chi connectivity index (χ0) is 25.4. The number of imidazole rings is 1. The van der Waals surface area contributed by atoms with E-state index in [0.717, 1.165) is 59.0 Å². The second-order valence-electron chi connectivity index (χ2n) is 10.3. The van der Waals surface area contributed by atoms with Crippen molar-refractivity contribution in [3.8, 4) is 0 Å². The Labute approximate surface area is 218 Å². The van der Waals surface area contributed by atoms with Gasteiger partial charge in [-0.25, -0.2) is 13.4 Å². The van der Waals surface area contributed by atoms with Gasteiger partial charge in [-0.1, -0.05) is 29.8 Å². The maximum atomic E-state index is 12.6. The fourth-order valence-electron chi connectivity index (χ4n) is 4.98.